The molecule has 0 bridgehead atoms. The van der Waals surface area contributed by atoms with Crippen LogP contribution in [0.5, 0.6) is 11.5 Å². The molecule has 3 nitrogen and oxygen atoms in total. The van der Waals surface area contributed by atoms with Crippen LogP contribution in [0.25, 0.3) is 0 Å². The van der Waals surface area contributed by atoms with Crippen molar-refractivity contribution in [1.82, 2.24) is 0 Å². The van der Waals surface area contributed by atoms with Gasteiger partial charge in [-0.05, 0) is 72.3 Å². The van der Waals surface area contributed by atoms with E-state index in [2.05, 4.69) is 34.0 Å². The molecule has 0 saturated carbocycles. The van der Waals surface area contributed by atoms with Crippen molar-refractivity contribution < 1.29 is 10.2 Å². The second-order valence-electron chi connectivity index (χ2n) is 4.54. The zero-order chi connectivity index (χ0) is 14.0. The molecule has 19 heavy (non-hydrogen) atoms. The maximum atomic E-state index is 9.85. The maximum absolute atomic E-state index is 9.85. The number of benzene rings is 2. The van der Waals surface area contributed by atoms with E-state index in [0.29, 0.717) is 5.56 Å². The zero-order valence-corrected chi connectivity index (χ0v) is 13.0. The van der Waals surface area contributed by atoms with Gasteiger partial charge in [0, 0.05) is 9.26 Å². The molecule has 0 radical (unpaired) electrons. The number of anilines is 1. The van der Waals surface area contributed by atoms with Crippen molar-refractivity contribution in [2.45, 2.75) is 19.9 Å². The number of rotatable bonds is 3. The number of hydrogen-bond donors (Lipinski definition) is 3. The normalized spacial score (nSPS) is 12.2. The molecular weight excluding hydrogens is 353 g/mol. The van der Waals surface area contributed by atoms with Crippen LogP contribution < -0.4 is 5.32 Å². The minimum atomic E-state index is -0.181. The molecule has 0 spiro atoms. The number of halogens is 1. The van der Waals surface area contributed by atoms with Gasteiger partial charge in [-0.25, -0.2) is 0 Å². The second-order valence-corrected chi connectivity index (χ2v) is 5.78. The lowest BCUT2D eigenvalue weighted by Crippen LogP contribution is -2.08. The summed E-state index contributed by atoms with van der Waals surface area (Å²) in [6.45, 7) is 3.94. The van der Waals surface area contributed by atoms with E-state index in [0.717, 1.165) is 11.3 Å². The van der Waals surface area contributed by atoms with Crippen molar-refractivity contribution in [3.8, 4) is 11.5 Å². The molecule has 0 aliphatic rings. The Morgan fingerprint density at radius 2 is 1.74 bits per heavy atom. The summed E-state index contributed by atoms with van der Waals surface area (Å²) < 4.78 is 1.18. The van der Waals surface area contributed by atoms with Crippen LogP contribution in [0.2, 0.25) is 0 Å². The van der Waals surface area contributed by atoms with Crippen LogP contribution in [-0.2, 0) is 0 Å². The van der Waals surface area contributed by atoms with E-state index in [1.54, 1.807) is 18.2 Å². The van der Waals surface area contributed by atoms with Crippen molar-refractivity contribution in [2.24, 2.45) is 0 Å². The summed E-state index contributed by atoms with van der Waals surface area (Å²) >= 11 is 2.27. The summed E-state index contributed by atoms with van der Waals surface area (Å²) in [5, 5.41) is 23.0. The van der Waals surface area contributed by atoms with Gasteiger partial charge in [0.25, 0.3) is 0 Å². The van der Waals surface area contributed by atoms with Gasteiger partial charge in [-0.15, -0.1) is 0 Å². The minimum Gasteiger partial charge on any atom is -0.507 e. The molecule has 0 aliphatic heterocycles. The van der Waals surface area contributed by atoms with Gasteiger partial charge >= 0.3 is 0 Å². The Balaban J connectivity index is 2.28. The van der Waals surface area contributed by atoms with Crippen LogP contribution in [0, 0.1) is 10.5 Å². The SMILES string of the molecule is Cc1cc(I)ccc1NC(C)c1c(O)cccc1O. The largest absolute Gasteiger partial charge is 0.507 e. The number of hydrogen-bond acceptors (Lipinski definition) is 3. The molecule has 4 heteroatoms. The van der Waals surface area contributed by atoms with E-state index in [-0.39, 0.29) is 17.5 Å². The molecule has 1 atom stereocenters. The Morgan fingerprint density at radius 3 is 2.32 bits per heavy atom. The first kappa shape index (κ1) is 14.0. The van der Waals surface area contributed by atoms with E-state index in [4.69, 9.17) is 0 Å². The number of aryl methyl sites for hydroxylation is 1. The van der Waals surface area contributed by atoms with Crippen LogP contribution in [0.4, 0.5) is 5.69 Å². The summed E-state index contributed by atoms with van der Waals surface area (Å²) in [6.07, 6.45) is 0. The summed E-state index contributed by atoms with van der Waals surface area (Å²) in [6, 6.07) is 10.7. The molecule has 0 aromatic heterocycles. The number of nitrogens with one attached hydrogen (secondary N) is 1. The topological polar surface area (TPSA) is 52.5 Å². The molecule has 2 aromatic rings. The minimum absolute atomic E-state index is 0.100. The van der Waals surface area contributed by atoms with Gasteiger partial charge in [-0.2, -0.15) is 0 Å². The van der Waals surface area contributed by atoms with E-state index < -0.39 is 0 Å². The fourth-order valence-corrected chi connectivity index (χ4v) is 2.73. The Hall–Kier alpha value is -1.43. The second kappa shape index (κ2) is 5.69. The maximum Gasteiger partial charge on any atom is 0.124 e. The molecule has 2 rings (SSSR count). The third-order valence-corrected chi connectivity index (χ3v) is 3.72. The average molecular weight is 369 g/mol. The van der Waals surface area contributed by atoms with Crippen LogP contribution in [0.15, 0.2) is 36.4 Å². The lowest BCUT2D eigenvalue weighted by Gasteiger charge is -2.19. The quantitative estimate of drug-likeness (QED) is 0.712. The first-order valence-corrected chi connectivity index (χ1v) is 7.10. The molecule has 2 aromatic carbocycles. The first-order chi connectivity index (χ1) is 8.99. The van der Waals surface area contributed by atoms with Gasteiger partial charge in [0.2, 0.25) is 0 Å². The molecule has 0 aliphatic carbocycles. The highest BCUT2D eigenvalue weighted by molar-refractivity contribution is 14.1. The molecule has 100 valence electrons. The average Bonchev–Trinajstić information content (AvgIpc) is 2.32. The summed E-state index contributed by atoms with van der Waals surface area (Å²) in [5.74, 6) is 0.200. The van der Waals surface area contributed by atoms with Crippen molar-refractivity contribution in [3.63, 3.8) is 0 Å². The monoisotopic (exact) mass is 369 g/mol. The molecule has 0 amide bonds. The van der Waals surface area contributed by atoms with Gasteiger partial charge in [0.05, 0.1) is 11.6 Å². The van der Waals surface area contributed by atoms with E-state index in [1.165, 1.54) is 3.57 Å². The summed E-state index contributed by atoms with van der Waals surface area (Å²) in [7, 11) is 0. The smallest absolute Gasteiger partial charge is 0.124 e. The fraction of sp³-hybridized carbons (Fsp3) is 0.200. The van der Waals surface area contributed by atoms with Gasteiger partial charge in [-0.3, -0.25) is 0 Å². The molecule has 0 fully saturated rings. The van der Waals surface area contributed by atoms with Crippen LogP contribution in [0.3, 0.4) is 0 Å². The zero-order valence-electron chi connectivity index (χ0n) is 10.8. The van der Waals surface area contributed by atoms with Crippen LogP contribution >= 0.6 is 22.6 Å². The third kappa shape index (κ3) is 3.12. The van der Waals surface area contributed by atoms with Crippen molar-refractivity contribution in [3.05, 3.63) is 51.1 Å². The highest BCUT2D eigenvalue weighted by atomic mass is 127. The predicted octanol–water partition coefficient (Wildman–Crippen LogP) is 4.18. The highest BCUT2D eigenvalue weighted by Crippen LogP contribution is 2.34. The van der Waals surface area contributed by atoms with Gasteiger partial charge in [0.15, 0.2) is 0 Å². The third-order valence-electron chi connectivity index (χ3n) is 3.05. The standard InChI is InChI=1S/C15H16INO2/c1-9-8-11(16)6-7-12(9)17-10(2)15-13(18)4-3-5-14(15)19/h3-8,10,17-19H,1-2H3. The van der Waals surface area contributed by atoms with Crippen molar-refractivity contribution in [2.75, 3.05) is 5.32 Å². The summed E-state index contributed by atoms with van der Waals surface area (Å²) in [4.78, 5) is 0. The Labute approximate surface area is 126 Å². The molecular formula is C15H16INO2. The van der Waals surface area contributed by atoms with E-state index in [1.807, 2.05) is 26.0 Å². The van der Waals surface area contributed by atoms with Crippen molar-refractivity contribution >= 4 is 28.3 Å². The van der Waals surface area contributed by atoms with Crippen molar-refractivity contribution in [1.29, 1.82) is 0 Å². The fourth-order valence-electron chi connectivity index (χ4n) is 2.08. The van der Waals surface area contributed by atoms with Gasteiger partial charge in [-0.1, -0.05) is 6.07 Å². The Bertz CT molecular complexity index is 578. The first-order valence-electron chi connectivity index (χ1n) is 6.02. The van der Waals surface area contributed by atoms with Crippen LogP contribution in [-0.4, -0.2) is 10.2 Å². The van der Waals surface area contributed by atoms with Gasteiger partial charge in [0.1, 0.15) is 11.5 Å². The summed E-state index contributed by atoms with van der Waals surface area (Å²) in [5.41, 5.74) is 2.64. The molecule has 0 heterocycles. The lowest BCUT2D eigenvalue weighted by molar-refractivity contribution is 0.434. The van der Waals surface area contributed by atoms with Gasteiger partial charge < -0.3 is 15.5 Å². The molecule has 0 saturated heterocycles. The van der Waals surface area contributed by atoms with Crippen LogP contribution in [0.1, 0.15) is 24.1 Å². The molecule has 3 N–H and O–H groups in total. The predicted molar refractivity (Wildman–Crippen MR) is 85.7 cm³/mol. The Kier molecular flexibility index (Phi) is 4.19. The van der Waals surface area contributed by atoms with E-state index >= 15 is 0 Å². The highest BCUT2D eigenvalue weighted by Gasteiger charge is 2.15. The number of phenols is 2. The van der Waals surface area contributed by atoms with E-state index in [9.17, 15) is 10.2 Å². The Morgan fingerprint density at radius 1 is 1.11 bits per heavy atom. The molecule has 1 unspecified atom stereocenters. The number of aromatic hydroxyl groups is 2. The number of phenolic OH excluding ortho intramolecular Hbond substituents is 2. The lowest BCUT2D eigenvalue weighted by atomic mass is 10.0.